The van der Waals surface area contributed by atoms with E-state index in [1.807, 2.05) is 0 Å². The molecule has 34 heavy (non-hydrogen) atoms. The van der Waals surface area contributed by atoms with Crippen molar-refractivity contribution < 1.29 is 26.9 Å². The van der Waals surface area contributed by atoms with E-state index in [2.05, 4.69) is 6.92 Å². The smallest absolute Gasteiger partial charge is 0.491 e. The van der Waals surface area contributed by atoms with Crippen LogP contribution < -0.4 is 4.74 Å². The second kappa shape index (κ2) is 12.0. The number of hydrogen-bond donors (Lipinski definition) is 0. The molecule has 0 aliphatic heterocycles. The summed E-state index contributed by atoms with van der Waals surface area (Å²) in [6.45, 7) is 2.73. The van der Waals surface area contributed by atoms with Crippen LogP contribution in [-0.2, 0) is 8.98 Å². The van der Waals surface area contributed by atoms with Gasteiger partial charge in [0.1, 0.15) is 5.75 Å². The minimum Gasteiger partial charge on any atom is -0.494 e. The van der Waals surface area contributed by atoms with Gasteiger partial charge in [-0.15, -0.1) is 0 Å². The summed E-state index contributed by atoms with van der Waals surface area (Å²) in [7, 11) is -2.99. The van der Waals surface area contributed by atoms with Crippen molar-refractivity contribution in [2.24, 2.45) is 0 Å². The highest BCUT2D eigenvalue weighted by molar-refractivity contribution is 8.30. The molecule has 0 aliphatic rings. The van der Waals surface area contributed by atoms with Crippen LogP contribution in [0.4, 0.5) is 13.2 Å². The number of unbranched alkanes of at least 4 members (excludes halogenated alkanes) is 4. The first kappa shape index (κ1) is 25.7. The van der Waals surface area contributed by atoms with E-state index >= 15 is 0 Å². The molecule has 0 fully saturated rings. The summed E-state index contributed by atoms with van der Waals surface area (Å²) in [6.07, 6.45) is 0.456. The summed E-state index contributed by atoms with van der Waals surface area (Å²) in [5.41, 5.74) is 0. The second-order valence-electron chi connectivity index (χ2n) is 7.78. The highest BCUT2D eigenvalue weighted by Crippen LogP contribution is 2.69. The van der Waals surface area contributed by atoms with Gasteiger partial charge in [0.05, 0.1) is 6.61 Å². The van der Waals surface area contributed by atoms with Gasteiger partial charge in [-0.2, -0.15) is 13.2 Å². The lowest BCUT2D eigenvalue weighted by Crippen LogP contribution is -2.27. The number of rotatable bonds is 11. The molecular weight excluding hydrogens is 461 g/mol. The van der Waals surface area contributed by atoms with Crippen molar-refractivity contribution in [2.75, 3.05) is 6.61 Å². The van der Waals surface area contributed by atoms with Gasteiger partial charge >= 0.3 is 12.1 Å². The zero-order valence-corrected chi connectivity index (χ0v) is 19.9. The van der Waals surface area contributed by atoms with Crippen molar-refractivity contribution in [1.29, 1.82) is 0 Å². The third-order valence-electron chi connectivity index (χ3n) is 5.25. The van der Waals surface area contributed by atoms with Gasteiger partial charge in [-0.05, 0) is 65.3 Å². The van der Waals surface area contributed by atoms with E-state index in [1.165, 1.54) is 19.3 Å². The maximum Gasteiger partial charge on any atom is 0.491 e. The molecule has 0 radical (unpaired) electrons. The standard InChI is InChI=1S/C27H29F3O3S/c1-2-3-4-5-12-21-32-22-17-19-25(20-18-22)34(23-13-8-6-9-14-23,24-15-10-7-11-16-24)33-26(31)27(28,29)30/h6-11,13-20H,2-5,12,21H2,1H3. The molecule has 7 heteroatoms. The van der Waals surface area contributed by atoms with Crippen molar-refractivity contribution in [3.8, 4) is 5.75 Å². The Balaban J connectivity index is 1.97. The van der Waals surface area contributed by atoms with Gasteiger partial charge in [0.25, 0.3) is 0 Å². The maximum atomic E-state index is 13.4. The summed E-state index contributed by atoms with van der Waals surface area (Å²) >= 11 is 0. The molecule has 3 rings (SSSR count). The van der Waals surface area contributed by atoms with E-state index < -0.39 is 22.5 Å². The van der Waals surface area contributed by atoms with E-state index in [-0.39, 0.29) is 0 Å². The lowest BCUT2D eigenvalue weighted by atomic mass is 10.2. The molecule has 0 unspecified atom stereocenters. The van der Waals surface area contributed by atoms with E-state index in [9.17, 15) is 18.0 Å². The van der Waals surface area contributed by atoms with E-state index in [0.29, 0.717) is 27.0 Å². The number of ether oxygens (including phenoxy) is 1. The Kier molecular flexibility index (Phi) is 9.05. The number of benzene rings is 3. The quantitative estimate of drug-likeness (QED) is 0.253. The first-order valence-electron chi connectivity index (χ1n) is 11.3. The van der Waals surface area contributed by atoms with Crippen molar-refractivity contribution >= 4 is 16.3 Å². The van der Waals surface area contributed by atoms with E-state index in [4.69, 9.17) is 8.92 Å². The molecule has 182 valence electrons. The van der Waals surface area contributed by atoms with Crippen LogP contribution in [0.3, 0.4) is 0 Å². The highest BCUT2D eigenvalue weighted by atomic mass is 32.3. The molecule has 0 saturated carbocycles. The van der Waals surface area contributed by atoms with Crippen LogP contribution in [0, 0.1) is 0 Å². The number of carbonyl (C=O) groups is 1. The molecule has 0 aromatic heterocycles. The fourth-order valence-electron chi connectivity index (χ4n) is 3.56. The third kappa shape index (κ3) is 6.35. The lowest BCUT2D eigenvalue weighted by molar-refractivity contribution is -0.188. The maximum absolute atomic E-state index is 13.4. The van der Waals surface area contributed by atoms with Crippen LogP contribution >= 0.6 is 10.3 Å². The van der Waals surface area contributed by atoms with Crippen LogP contribution in [-0.4, -0.2) is 18.8 Å². The minimum atomic E-state index is -5.12. The van der Waals surface area contributed by atoms with Crippen LogP contribution in [0.25, 0.3) is 0 Å². The molecule has 0 atom stereocenters. The van der Waals surface area contributed by atoms with Crippen molar-refractivity contribution in [1.82, 2.24) is 0 Å². The Labute approximate surface area is 200 Å². The molecule has 0 N–H and O–H groups in total. The minimum absolute atomic E-state index is 0.470. The highest BCUT2D eigenvalue weighted by Gasteiger charge is 2.47. The van der Waals surface area contributed by atoms with Gasteiger partial charge in [0.15, 0.2) is 0 Å². The summed E-state index contributed by atoms with van der Waals surface area (Å²) in [5.74, 6) is -1.60. The largest absolute Gasteiger partial charge is 0.494 e. The van der Waals surface area contributed by atoms with E-state index in [1.54, 1.807) is 84.9 Å². The Hall–Kier alpha value is -2.93. The second-order valence-corrected chi connectivity index (χ2v) is 10.5. The average Bonchev–Trinajstić information content (AvgIpc) is 2.85. The first-order valence-corrected chi connectivity index (χ1v) is 12.9. The van der Waals surface area contributed by atoms with Gasteiger partial charge in [-0.25, -0.2) is 4.79 Å². The van der Waals surface area contributed by atoms with Crippen molar-refractivity contribution in [2.45, 2.75) is 59.9 Å². The van der Waals surface area contributed by atoms with Crippen LogP contribution in [0.5, 0.6) is 5.75 Å². The Morgan fingerprint density at radius 3 is 1.74 bits per heavy atom. The van der Waals surface area contributed by atoms with Gasteiger partial charge in [-0.1, -0.05) is 69.0 Å². The topological polar surface area (TPSA) is 35.5 Å². The predicted molar refractivity (Wildman–Crippen MR) is 128 cm³/mol. The monoisotopic (exact) mass is 490 g/mol. The Morgan fingerprint density at radius 2 is 1.24 bits per heavy atom. The van der Waals surface area contributed by atoms with Gasteiger partial charge in [0, 0.05) is 14.7 Å². The lowest BCUT2D eigenvalue weighted by Gasteiger charge is -2.39. The van der Waals surface area contributed by atoms with Gasteiger partial charge < -0.3 is 8.92 Å². The molecule has 3 nitrogen and oxygen atoms in total. The molecule has 0 aliphatic carbocycles. The number of halogens is 3. The normalized spacial score (nSPS) is 12.2. The number of alkyl halides is 3. The van der Waals surface area contributed by atoms with Crippen molar-refractivity contribution in [3.63, 3.8) is 0 Å². The molecule has 0 heterocycles. The number of carbonyl (C=O) groups excluding carboxylic acids is 1. The summed E-state index contributed by atoms with van der Waals surface area (Å²) in [4.78, 5) is 13.6. The summed E-state index contributed by atoms with van der Waals surface area (Å²) < 4.78 is 51.3. The molecule has 0 spiro atoms. The fourth-order valence-corrected chi connectivity index (χ4v) is 6.59. The number of hydrogen-bond acceptors (Lipinski definition) is 3. The third-order valence-corrected chi connectivity index (χ3v) is 8.46. The molecule has 0 saturated heterocycles. The zero-order chi connectivity index (χ0) is 24.4. The average molecular weight is 491 g/mol. The fraction of sp³-hybridized carbons (Fsp3) is 0.296. The molecule has 0 amide bonds. The van der Waals surface area contributed by atoms with Crippen LogP contribution in [0.15, 0.2) is 99.6 Å². The molecular formula is C27H29F3O3S. The SMILES string of the molecule is CCCCCCCOc1ccc(S(OC(=O)C(F)(F)F)(c2ccccc2)c2ccccc2)cc1. The predicted octanol–water partition coefficient (Wildman–Crippen LogP) is 8.34. The van der Waals surface area contributed by atoms with Gasteiger partial charge in [0.2, 0.25) is 0 Å². The molecule has 3 aromatic rings. The zero-order valence-electron chi connectivity index (χ0n) is 19.1. The molecule has 3 aromatic carbocycles. The van der Waals surface area contributed by atoms with Crippen molar-refractivity contribution in [3.05, 3.63) is 84.9 Å². The Morgan fingerprint density at radius 1 is 0.735 bits per heavy atom. The summed E-state index contributed by atoms with van der Waals surface area (Å²) in [5, 5.41) is 0. The van der Waals surface area contributed by atoms with Crippen LogP contribution in [0.2, 0.25) is 0 Å². The Bertz CT molecular complexity index is 983. The van der Waals surface area contributed by atoms with E-state index in [0.717, 1.165) is 12.8 Å². The molecule has 0 bridgehead atoms. The van der Waals surface area contributed by atoms with Crippen LogP contribution in [0.1, 0.15) is 39.0 Å². The summed E-state index contributed by atoms with van der Waals surface area (Å²) in [6, 6.07) is 24.0. The van der Waals surface area contributed by atoms with Gasteiger partial charge in [-0.3, -0.25) is 0 Å². The first-order chi connectivity index (χ1) is 16.4.